The van der Waals surface area contributed by atoms with E-state index < -0.39 is 20.9 Å². The average molecular weight is 476 g/mol. The molecule has 0 bridgehead atoms. The van der Waals surface area contributed by atoms with Crippen LogP contribution in [-0.2, 0) is 10.0 Å². The quantitative estimate of drug-likeness (QED) is 0.401. The molecule has 9 nitrogen and oxygen atoms in total. The van der Waals surface area contributed by atoms with E-state index in [0.717, 1.165) is 10.4 Å². The molecule has 32 heavy (non-hydrogen) atoms. The minimum atomic E-state index is -3.96. The van der Waals surface area contributed by atoms with Crippen LogP contribution >= 0.6 is 11.6 Å². The van der Waals surface area contributed by atoms with Gasteiger partial charge in [0.2, 0.25) is 0 Å². The maximum Gasteiger partial charge on any atom is 0.289 e. The SMILES string of the molecule is COc1ccc(N(C)S(=O)(=O)c2cccc(C(=O)Nc3ccc(Cl)c([N+](=O)[O-])c3)c2)cc1. The first kappa shape index (κ1) is 23.0. The van der Waals surface area contributed by atoms with Crippen LogP contribution in [0.3, 0.4) is 0 Å². The molecule has 0 fully saturated rings. The number of sulfonamides is 1. The predicted octanol–water partition coefficient (Wildman–Crippen LogP) is 4.33. The smallest absolute Gasteiger partial charge is 0.289 e. The summed E-state index contributed by atoms with van der Waals surface area (Å²) in [5.41, 5.74) is 0.262. The molecule has 0 heterocycles. The number of nitrogens with one attached hydrogen (secondary N) is 1. The number of rotatable bonds is 7. The van der Waals surface area contributed by atoms with Gasteiger partial charge in [-0.25, -0.2) is 8.42 Å². The molecule has 11 heteroatoms. The second kappa shape index (κ2) is 9.25. The van der Waals surface area contributed by atoms with Crippen LogP contribution in [-0.4, -0.2) is 33.4 Å². The Morgan fingerprint density at radius 1 is 1.09 bits per heavy atom. The second-order valence-electron chi connectivity index (χ2n) is 6.58. The van der Waals surface area contributed by atoms with E-state index in [9.17, 15) is 23.3 Å². The van der Waals surface area contributed by atoms with Gasteiger partial charge < -0.3 is 10.1 Å². The van der Waals surface area contributed by atoms with Gasteiger partial charge in [0.25, 0.3) is 21.6 Å². The fourth-order valence-electron chi connectivity index (χ4n) is 2.82. The van der Waals surface area contributed by atoms with Crippen molar-refractivity contribution in [1.29, 1.82) is 0 Å². The van der Waals surface area contributed by atoms with Gasteiger partial charge in [0.1, 0.15) is 10.8 Å². The highest BCUT2D eigenvalue weighted by Crippen LogP contribution is 2.28. The van der Waals surface area contributed by atoms with Crippen LogP contribution < -0.4 is 14.4 Å². The van der Waals surface area contributed by atoms with Crippen molar-refractivity contribution in [1.82, 2.24) is 0 Å². The molecule has 0 aliphatic rings. The lowest BCUT2D eigenvalue weighted by atomic mass is 10.2. The van der Waals surface area contributed by atoms with E-state index in [1.807, 2.05) is 0 Å². The molecule has 0 saturated carbocycles. The molecule has 3 aromatic carbocycles. The number of nitro groups is 1. The number of halogens is 1. The van der Waals surface area contributed by atoms with Crippen LogP contribution in [0.25, 0.3) is 0 Å². The fraction of sp³-hybridized carbons (Fsp3) is 0.0952. The third kappa shape index (κ3) is 4.82. The maximum atomic E-state index is 13.1. The summed E-state index contributed by atoms with van der Waals surface area (Å²) in [6.45, 7) is 0. The number of methoxy groups -OCH3 is 1. The summed E-state index contributed by atoms with van der Waals surface area (Å²) in [6.07, 6.45) is 0. The molecular formula is C21H18ClN3O6S. The number of carbonyl (C=O) groups is 1. The first-order chi connectivity index (χ1) is 15.1. The van der Waals surface area contributed by atoms with Crippen LogP contribution in [0.4, 0.5) is 17.1 Å². The number of nitrogens with zero attached hydrogens (tertiary/aromatic N) is 2. The number of anilines is 2. The standard InChI is InChI=1S/C21H18ClN3O6S/c1-24(16-7-9-17(31-2)10-8-16)32(29,30)18-5-3-4-14(12-18)21(26)23-15-6-11-19(22)20(13-15)25(27)28/h3-13H,1-2H3,(H,23,26). The Kier molecular flexibility index (Phi) is 6.66. The monoisotopic (exact) mass is 475 g/mol. The van der Waals surface area contributed by atoms with E-state index in [2.05, 4.69) is 5.32 Å². The topological polar surface area (TPSA) is 119 Å². The highest BCUT2D eigenvalue weighted by atomic mass is 35.5. The van der Waals surface area contributed by atoms with Crippen molar-refractivity contribution in [3.05, 3.63) is 87.4 Å². The Hall–Kier alpha value is -3.63. The van der Waals surface area contributed by atoms with Crippen LogP contribution in [0, 0.1) is 10.1 Å². The van der Waals surface area contributed by atoms with Crippen LogP contribution in [0.2, 0.25) is 5.02 Å². The van der Waals surface area contributed by atoms with E-state index in [1.165, 1.54) is 50.6 Å². The van der Waals surface area contributed by atoms with Gasteiger partial charge in [-0.15, -0.1) is 0 Å². The van der Waals surface area contributed by atoms with Crippen molar-refractivity contribution >= 4 is 44.6 Å². The van der Waals surface area contributed by atoms with Gasteiger partial charge in [0.05, 0.1) is 22.6 Å². The van der Waals surface area contributed by atoms with E-state index in [0.29, 0.717) is 11.4 Å². The largest absolute Gasteiger partial charge is 0.497 e. The predicted molar refractivity (Wildman–Crippen MR) is 121 cm³/mol. The molecular weight excluding hydrogens is 458 g/mol. The van der Waals surface area contributed by atoms with E-state index in [-0.39, 0.29) is 26.9 Å². The molecule has 0 aliphatic heterocycles. The van der Waals surface area contributed by atoms with Gasteiger partial charge in [-0.1, -0.05) is 17.7 Å². The Morgan fingerprint density at radius 3 is 2.41 bits per heavy atom. The summed E-state index contributed by atoms with van der Waals surface area (Å²) in [6, 6.07) is 15.8. The summed E-state index contributed by atoms with van der Waals surface area (Å²) < 4.78 is 32.3. The molecule has 0 spiro atoms. The number of hydrogen-bond donors (Lipinski definition) is 1. The van der Waals surface area contributed by atoms with E-state index in [1.54, 1.807) is 24.3 Å². The summed E-state index contributed by atoms with van der Waals surface area (Å²) in [5, 5.41) is 13.5. The summed E-state index contributed by atoms with van der Waals surface area (Å²) >= 11 is 5.78. The Labute approximate surface area is 189 Å². The molecule has 0 unspecified atom stereocenters. The number of nitro benzene ring substituents is 1. The molecule has 0 atom stereocenters. The third-order valence-corrected chi connectivity index (χ3v) is 6.69. The normalized spacial score (nSPS) is 11.0. The minimum absolute atomic E-state index is 0.0619. The molecule has 3 aromatic rings. The summed E-state index contributed by atoms with van der Waals surface area (Å²) in [7, 11) is -1.05. The van der Waals surface area contributed by atoms with Gasteiger partial charge >= 0.3 is 0 Å². The van der Waals surface area contributed by atoms with Crippen molar-refractivity contribution < 1.29 is 22.9 Å². The van der Waals surface area contributed by atoms with Crippen LogP contribution in [0.5, 0.6) is 5.75 Å². The number of amides is 1. The lowest BCUT2D eigenvalue weighted by Gasteiger charge is -2.20. The summed E-state index contributed by atoms with van der Waals surface area (Å²) in [4.78, 5) is 22.9. The lowest BCUT2D eigenvalue weighted by molar-refractivity contribution is -0.384. The first-order valence-electron chi connectivity index (χ1n) is 9.12. The molecule has 1 N–H and O–H groups in total. The van der Waals surface area contributed by atoms with Crippen molar-refractivity contribution in [3.8, 4) is 5.75 Å². The molecule has 1 amide bonds. The molecule has 0 saturated heterocycles. The van der Waals surface area contributed by atoms with Crippen LogP contribution in [0.15, 0.2) is 71.6 Å². The van der Waals surface area contributed by atoms with Crippen molar-refractivity contribution in [2.45, 2.75) is 4.90 Å². The summed E-state index contributed by atoms with van der Waals surface area (Å²) in [5.74, 6) is -0.0496. The van der Waals surface area contributed by atoms with Crippen molar-refractivity contribution in [2.24, 2.45) is 0 Å². The zero-order valence-electron chi connectivity index (χ0n) is 17.0. The third-order valence-electron chi connectivity index (χ3n) is 4.59. The zero-order chi connectivity index (χ0) is 23.5. The van der Waals surface area contributed by atoms with Gasteiger partial charge in [-0.3, -0.25) is 19.2 Å². The molecule has 3 rings (SSSR count). The Bertz CT molecular complexity index is 1280. The average Bonchev–Trinajstić information content (AvgIpc) is 2.79. The van der Waals surface area contributed by atoms with Crippen LogP contribution in [0.1, 0.15) is 10.4 Å². The van der Waals surface area contributed by atoms with Gasteiger partial charge in [0, 0.05) is 24.4 Å². The molecule has 0 aliphatic carbocycles. The van der Waals surface area contributed by atoms with Gasteiger partial charge in [0.15, 0.2) is 0 Å². The number of carbonyl (C=O) groups excluding carboxylic acids is 1. The second-order valence-corrected chi connectivity index (χ2v) is 8.95. The Morgan fingerprint density at radius 2 is 1.78 bits per heavy atom. The first-order valence-corrected chi connectivity index (χ1v) is 10.9. The number of hydrogen-bond acceptors (Lipinski definition) is 6. The van der Waals surface area contributed by atoms with Gasteiger partial charge in [-0.05, 0) is 54.6 Å². The lowest BCUT2D eigenvalue weighted by Crippen LogP contribution is -2.26. The minimum Gasteiger partial charge on any atom is -0.497 e. The van der Waals surface area contributed by atoms with Gasteiger partial charge in [-0.2, -0.15) is 0 Å². The number of benzene rings is 3. The molecule has 166 valence electrons. The Balaban J connectivity index is 1.86. The van der Waals surface area contributed by atoms with E-state index >= 15 is 0 Å². The zero-order valence-corrected chi connectivity index (χ0v) is 18.6. The van der Waals surface area contributed by atoms with Crippen molar-refractivity contribution in [3.63, 3.8) is 0 Å². The highest BCUT2D eigenvalue weighted by Gasteiger charge is 2.23. The maximum absolute atomic E-state index is 13.1. The fourth-order valence-corrected chi connectivity index (χ4v) is 4.25. The van der Waals surface area contributed by atoms with E-state index in [4.69, 9.17) is 16.3 Å². The highest BCUT2D eigenvalue weighted by molar-refractivity contribution is 7.92. The van der Waals surface area contributed by atoms with Crippen molar-refractivity contribution in [2.75, 3.05) is 23.8 Å². The number of ether oxygens (including phenoxy) is 1. The molecule has 0 radical (unpaired) electrons. The molecule has 0 aromatic heterocycles.